The van der Waals surface area contributed by atoms with E-state index in [1.165, 1.54) is 0 Å². The lowest BCUT2D eigenvalue weighted by atomic mass is 9.92. The fourth-order valence-electron chi connectivity index (χ4n) is 4.02. The van der Waals surface area contributed by atoms with Crippen molar-refractivity contribution in [3.63, 3.8) is 0 Å². The number of carbonyl (C=O) groups excluding carboxylic acids is 1. The number of benzene rings is 1. The van der Waals surface area contributed by atoms with E-state index in [1.807, 2.05) is 49.5 Å². The van der Waals surface area contributed by atoms with Crippen LogP contribution in [0.5, 0.6) is 0 Å². The predicted octanol–water partition coefficient (Wildman–Crippen LogP) is 2.26. The fraction of sp³-hybridized carbons (Fsp3) is 0.500. The Balaban J connectivity index is 1.30. The molecule has 1 saturated carbocycles. The van der Waals surface area contributed by atoms with Crippen LogP contribution in [0.15, 0.2) is 36.7 Å². The average molecular weight is 353 g/mol. The van der Waals surface area contributed by atoms with Crippen molar-refractivity contribution in [2.75, 3.05) is 32.1 Å². The van der Waals surface area contributed by atoms with Crippen LogP contribution >= 0.6 is 0 Å². The molecule has 2 N–H and O–H groups in total. The molecule has 0 bridgehead atoms. The molecule has 1 amide bonds. The first kappa shape index (κ1) is 17.1. The first-order valence-corrected chi connectivity index (χ1v) is 9.35. The van der Waals surface area contributed by atoms with Gasteiger partial charge in [-0.25, -0.2) is 4.98 Å². The van der Waals surface area contributed by atoms with Crippen LogP contribution in [0.3, 0.4) is 0 Å². The maximum Gasteiger partial charge on any atom is 0.251 e. The van der Waals surface area contributed by atoms with Crippen molar-refractivity contribution in [2.24, 2.45) is 5.41 Å². The number of nitrogens with one attached hydrogen (secondary N) is 2. The predicted molar refractivity (Wildman–Crippen MR) is 102 cm³/mol. The van der Waals surface area contributed by atoms with Gasteiger partial charge in [-0.05, 0) is 56.0 Å². The van der Waals surface area contributed by atoms with Gasteiger partial charge in [-0.2, -0.15) is 0 Å². The number of imidazole rings is 1. The van der Waals surface area contributed by atoms with E-state index in [0.717, 1.165) is 56.0 Å². The zero-order valence-corrected chi connectivity index (χ0v) is 15.5. The van der Waals surface area contributed by atoms with Crippen LogP contribution in [-0.4, -0.2) is 54.0 Å². The lowest BCUT2D eigenvalue weighted by molar-refractivity contribution is 0.0933. The van der Waals surface area contributed by atoms with Crippen molar-refractivity contribution in [3.05, 3.63) is 48.0 Å². The lowest BCUT2D eigenvalue weighted by Gasteiger charge is -2.32. The molecule has 2 aromatic rings. The fourth-order valence-corrected chi connectivity index (χ4v) is 4.02. The molecule has 0 radical (unpaired) electrons. The van der Waals surface area contributed by atoms with E-state index in [1.54, 1.807) is 6.20 Å². The highest BCUT2D eigenvalue weighted by Crippen LogP contribution is 2.54. The molecular weight excluding hydrogens is 326 g/mol. The van der Waals surface area contributed by atoms with Crippen LogP contribution in [0.25, 0.3) is 0 Å². The number of aromatic amines is 1. The monoisotopic (exact) mass is 353 g/mol. The number of amides is 1. The Hall–Kier alpha value is -2.34. The number of H-pyrrole nitrogens is 1. The van der Waals surface area contributed by atoms with Gasteiger partial charge >= 0.3 is 0 Å². The van der Waals surface area contributed by atoms with Crippen molar-refractivity contribution in [3.8, 4) is 0 Å². The third-order valence-electron chi connectivity index (χ3n) is 5.90. The quantitative estimate of drug-likeness (QED) is 0.865. The van der Waals surface area contributed by atoms with Crippen LogP contribution < -0.4 is 10.2 Å². The summed E-state index contributed by atoms with van der Waals surface area (Å²) in [6.45, 7) is 3.03. The summed E-state index contributed by atoms with van der Waals surface area (Å²) in [7, 11) is 3.98. The lowest BCUT2D eigenvalue weighted by Crippen LogP contribution is -2.38. The molecule has 1 aliphatic heterocycles. The molecule has 1 aliphatic carbocycles. The molecular formula is C20H27N5O. The molecule has 1 unspecified atom stereocenters. The second-order valence-corrected chi connectivity index (χ2v) is 7.85. The first-order valence-electron chi connectivity index (χ1n) is 9.35. The standard InChI is InChI=1S/C20H27N5O/c1-24(2)16-5-3-4-15(12-16)19(26)23-17-13-20(17)6-10-25(11-7-20)14-18-21-8-9-22-18/h3-5,8-9,12,17H,6-7,10-11,13-14H2,1-2H3,(H,21,22)(H,23,26). The molecule has 1 spiro atoms. The second-order valence-electron chi connectivity index (χ2n) is 7.85. The van der Waals surface area contributed by atoms with E-state index in [-0.39, 0.29) is 5.91 Å². The number of piperidine rings is 1. The maximum atomic E-state index is 12.6. The van der Waals surface area contributed by atoms with Crippen molar-refractivity contribution >= 4 is 11.6 Å². The molecule has 4 rings (SSSR count). The van der Waals surface area contributed by atoms with Crippen LogP contribution in [0, 0.1) is 5.41 Å². The number of likely N-dealkylation sites (tertiary alicyclic amines) is 1. The second kappa shape index (κ2) is 6.76. The Morgan fingerprint density at radius 2 is 2.19 bits per heavy atom. The van der Waals surface area contributed by atoms with Gasteiger partial charge in [-0.3, -0.25) is 9.69 Å². The van der Waals surface area contributed by atoms with Crippen molar-refractivity contribution in [1.29, 1.82) is 0 Å². The minimum Gasteiger partial charge on any atom is -0.378 e. The highest BCUT2D eigenvalue weighted by atomic mass is 16.1. The van der Waals surface area contributed by atoms with Gasteiger partial charge in [0.1, 0.15) is 5.82 Å². The van der Waals surface area contributed by atoms with E-state index in [0.29, 0.717) is 11.5 Å². The van der Waals surface area contributed by atoms with E-state index in [2.05, 4.69) is 20.2 Å². The number of anilines is 1. The normalized spacial score (nSPS) is 21.5. The Bertz CT molecular complexity index is 762. The number of nitrogens with zero attached hydrogens (tertiary/aromatic N) is 3. The molecule has 1 aromatic carbocycles. The summed E-state index contributed by atoms with van der Waals surface area (Å²) in [6, 6.07) is 8.13. The van der Waals surface area contributed by atoms with Gasteiger partial charge in [0, 0.05) is 43.8 Å². The van der Waals surface area contributed by atoms with Crippen molar-refractivity contribution in [1.82, 2.24) is 20.2 Å². The third kappa shape index (κ3) is 3.46. The summed E-state index contributed by atoms with van der Waals surface area (Å²) < 4.78 is 0. The smallest absolute Gasteiger partial charge is 0.251 e. The van der Waals surface area contributed by atoms with Gasteiger partial charge in [-0.15, -0.1) is 0 Å². The molecule has 6 nitrogen and oxygen atoms in total. The summed E-state index contributed by atoms with van der Waals surface area (Å²) in [6.07, 6.45) is 7.09. The Kier molecular flexibility index (Phi) is 4.44. The van der Waals surface area contributed by atoms with Gasteiger partial charge in [0.05, 0.1) is 6.54 Å². The SMILES string of the molecule is CN(C)c1cccc(C(=O)NC2CC23CCN(Cc2ncc[nH]2)CC3)c1. The van der Waals surface area contributed by atoms with Crippen LogP contribution in [0.2, 0.25) is 0 Å². The number of hydrogen-bond acceptors (Lipinski definition) is 4. The molecule has 2 heterocycles. The van der Waals surface area contributed by atoms with Crippen molar-refractivity contribution in [2.45, 2.75) is 31.8 Å². The number of aromatic nitrogens is 2. The minimum atomic E-state index is 0.0496. The van der Waals surface area contributed by atoms with Crippen molar-refractivity contribution < 1.29 is 4.79 Å². The number of hydrogen-bond donors (Lipinski definition) is 2. The summed E-state index contributed by atoms with van der Waals surface area (Å²) in [5.74, 6) is 1.08. The summed E-state index contributed by atoms with van der Waals surface area (Å²) in [5.41, 5.74) is 2.11. The molecule has 6 heteroatoms. The average Bonchev–Trinajstić information content (AvgIpc) is 3.04. The number of rotatable bonds is 5. The molecule has 1 atom stereocenters. The zero-order chi connectivity index (χ0) is 18.1. The first-order chi connectivity index (χ1) is 12.6. The summed E-state index contributed by atoms with van der Waals surface area (Å²) in [5, 5.41) is 3.26. The molecule has 1 saturated heterocycles. The molecule has 2 aliphatic rings. The molecule has 1 aromatic heterocycles. The van der Waals surface area contributed by atoms with Gasteiger partial charge in [0.25, 0.3) is 5.91 Å². The van der Waals surface area contributed by atoms with E-state index in [4.69, 9.17) is 0 Å². The van der Waals surface area contributed by atoms with Crippen LogP contribution in [0.4, 0.5) is 5.69 Å². The van der Waals surface area contributed by atoms with Gasteiger partial charge in [0.15, 0.2) is 0 Å². The molecule has 138 valence electrons. The largest absolute Gasteiger partial charge is 0.378 e. The van der Waals surface area contributed by atoms with Gasteiger partial charge in [0.2, 0.25) is 0 Å². The Labute approximate surface area is 154 Å². The Morgan fingerprint density at radius 1 is 1.38 bits per heavy atom. The zero-order valence-electron chi connectivity index (χ0n) is 15.5. The topological polar surface area (TPSA) is 64.3 Å². The van der Waals surface area contributed by atoms with E-state index >= 15 is 0 Å². The Morgan fingerprint density at radius 3 is 2.88 bits per heavy atom. The third-order valence-corrected chi connectivity index (χ3v) is 5.90. The van der Waals surface area contributed by atoms with Crippen LogP contribution in [-0.2, 0) is 6.54 Å². The van der Waals surface area contributed by atoms with Gasteiger partial charge in [-0.1, -0.05) is 6.07 Å². The number of carbonyl (C=O) groups is 1. The highest BCUT2D eigenvalue weighted by molar-refractivity contribution is 5.95. The van der Waals surface area contributed by atoms with Gasteiger partial charge < -0.3 is 15.2 Å². The van der Waals surface area contributed by atoms with E-state index in [9.17, 15) is 4.79 Å². The molecule has 2 fully saturated rings. The van der Waals surface area contributed by atoms with Crippen LogP contribution in [0.1, 0.15) is 35.4 Å². The summed E-state index contributed by atoms with van der Waals surface area (Å²) >= 11 is 0. The van der Waals surface area contributed by atoms with E-state index < -0.39 is 0 Å². The minimum absolute atomic E-state index is 0.0496. The molecule has 26 heavy (non-hydrogen) atoms. The summed E-state index contributed by atoms with van der Waals surface area (Å²) in [4.78, 5) is 24.6. The highest BCUT2D eigenvalue weighted by Gasteiger charge is 2.55. The maximum absolute atomic E-state index is 12.6.